The number of fused-ring (bicyclic) bond motifs is 1. The van der Waals surface area contributed by atoms with Gasteiger partial charge in [0.2, 0.25) is 6.23 Å². The molecule has 0 saturated carbocycles. The van der Waals surface area contributed by atoms with E-state index in [1.807, 2.05) is 35.2 Å². The van der Waals surface area contributed by atoms with Crippen LogP contribution in [0.5, 0.6) is 0 Å². The minimum absolute atomic E-state index is 0.306. The summed E-state index contributed by atoms with van der Waals surface area (Å²) in [5.41, 5.74) is 4.83. The van der Waals surface area contributed by atoms with Crippen molar-refractivity contribution in [2.45, 2.75) is 20.1 Å². The monoisotopic (exact) mass is 297 g/mol. The maximum atomic E-state index is 12.2. The summed E-state index contributed by atoms with van der Waals surface area (Å²) in [7, 11) is 1.61. The third-order valence-electron chi connectivity index (χ3n) is 4.06. The summed E-state index contributed by atoms with van der Waals surface area (Å²) >= 11 is 0. The van der Waals surface area contributed by atoms with E-state index < -0.39 is 6.23 Å². The molecule has 114 valence electrons. The SMILES string of the molecule is COCC1OC(=O)c2ccccc2N1c1cccc(C)c1C. The van der Waals surface area contributed by atoms with Crippen molar-refractivity contribution in [2.75, 3.05) is 18.6 Å². The van der Waals surface area contributed by atoms with Gasteiger partial charge in [0.05, 0.1) is 11.3 Å². The number of hydrogen-bond acceptors (Lipinski definition) is 4. The number of hydrogen-bond donors (Lipinski definition) is 0. The molecule has 2 aromatic carbocycles. The fourth-order valence-electron chi connectivity index (χ4n) is 2.78. The van der Waals surface area contributed by atoms with Gasteiger partial charge >= 0.3 is 5.97 Å². The molecule has 2 aromatic rings. The first-order valence-electron chi connectivity index (χ1n) is 7.28. The first-order valence-corrected chi connectivity index (χ1v) is 7.28. The highest BCUT2D eigenvalue weighted by molar-refractivity contribution is 5.99. The van der Waals surface area contributed by atoms with E-state index in [9.17, 15) is 4.79 Å². The van der Waals surface area contributed by atoms with Gasteiger partial charge < -0.3 is 14.4 Å². The maximum absolute atomic E-state index is 12.2. The lowest BCUT2D eigenvalue weighted by atomic mass is 10.0. The topological polar surface area (TPSA) is 38.8 Å². The molecular formula is C18H19NO3. The zero-order valence-electron chi connectivity index (χ0n) is 13.0. The predicted molar refractivity (Wildman–Crippen MR) is 85.6 cm³/mol. The van der Waals surface area contributed by atoms with Crippen molar-refractivity contribution in [1.82, 2.24) is 0 Å². The fourth-order valence-corrected chi connectivity index (χ4v) is 2.78. The zero-order valence-corrected chi connectivity index (χ0v) is 13.0. The number of anilines is 2. The molecule has 1 unspecified atom stereocenters. The fraction of sp³-hybridized carbons (Fsp3) is 0.278. The van der Waals surface area contributed by atoms with Gasteiger partial charge in [0.15, 0.2) is 0 Å². The number of nitrogens with zero attached hydrogens (tertiary/aromatic N) is 1. The van der Waals surface area contributed by atoms with Crippen molar-refractivity contribution < 1.29 is 14.3 Å². The van der Waals surface area contributed by atoms with Crippen molar-refractivity contribution in [3.05, 3.63) is 59.2 Å². The van der Waals surface area contributed by atoms with Crippen molar-refractivity contribution in [3.63, 3.8) is 0 Å². The standard InChI is InChI=1S/C18H19NO3/c1-12-7-6-10-15(13(12)2)19-16-9-5-4-8-14(16)18(20)22-17(19)11-21-3/h4-10,17H,11H2,1-3H3. The van der Waals surface area contributed by atoms with E-state index in [1.54, 1.807) is 13.2 Å². The second kappa shape index (κ2) is 5.81. The van der Waals surface area contributed by atoms with Crippen molar-refractivity contribution in [2.24, 2.45) is 0 Å². The first kappa shape index (κ1) is 14.6. The van der Waals surface area contributed by atoms with Crippen LogP contribution in [0.3, 0.4) is 0 Å². The van der Waals surface area contributed by atoms with Crippen LogP contribution >= 0.6 is 0 Å². The van der Waals surface area contributed by atoms with Gasteiger partial charge in [0.1, 0.15) is 6.61 Å². The summed E-state index contributed by atoms with van der Waals surface area (Å²) in [4.78, 5) is 14.2. The molecule has 0 amide bonds. The van der Waals surface area contributed by atoms with Gasteiger partial charge in [-0.3, -0.25) is 0 Å². The Balaban J connectivity index is 2.18. The Morgan fingerprint density at radius 2 is 1.82 bits per heavy atom. The molecule has 0 radical (unpaired) electrons. The number of methoxy groups -OCH3 is 1. The largest absolute Gasteiger partial charge is 0.435 e. The van der Waals surface area contributed by atoms with Gasteiger partial charge in [-0.05, 0) is 43.2 Å². The average Bonchev–Trinajstić information content (AvgIpc) is 2.52. The van der Waals surface area contributed by atoms with Crippen molar-refractivity contribution in [3.8, 4) is 0 Å². The van der Waals surface area contributed by atoms with Crippen LogP contribution in [0, 0.1) is 13.8 Å². The second-order valence-electron chi connectivity index (χ2n) is 5.42. The Morgan fingerprint density at radius 1 is 1.09 bits per heavy atom. The van der Waals surface area contributed by atoms with E-state index in [2.05, 4.69) is 19.9 Å². The summed E-state index contributed by atoms with van der Waals surface area (Å²) in [5, 5.41) is 0. The Labute approximate surface area is 130 Å². The van der Waals surface area contributed by atoms with Crippen LogP contribution in [0.1, 0.15) is 21.5 Å². The van der Waals surface area contributed by atoms with Gasteiger partial charge in [-0.25, -0.2) is 4.79 Å². The molecule has 1 aliphatic rings. The number of esters is 1. The Morgan fingerprint density at radius 3 is 2.59 bits per heavy atom. The molecule has 0 fully saturated rings. The lowest BCUT2D eigenvalue weighted by molar-refractivity contribution is 0.00446. The molecule has 0 saturated heterocycles. The third kappa shape index (κ3) is 2.35. The molecule has 0 bridgehead atoms. The lowest BCUT2D eigenvalue weighted by Crippen LogP contribution is -2.43. The normalized spacial score (nSPS) is 17.1. The first-order chi connectivity index (χ1) is 10.6. The number of benzene rings is 2. The summed E-state index contributed by atoms with van der Waals surface area (Å²) in [6.07, 6.45) is -0.465. The van der Waals surface area contributed by atoms with Crippen LogP contribution in [0.2, 0.25) is 0 Å². The second-order valence-corrected chi connectivity index (χ2v) is 5.42. The number of carbonyl (C=O) groups is 1. The van der Waals surface area contributed by atoms with E-state index in [0.29, 0.717) is 12.2 Å². The molecule has 1 atom stereocenters. The molecule has 1 aliphatic heterocycles. The number of cyclic esters (lactones) is 1. The summed E-state index contributed by atoms with van der Waals surface area (Å²) in [6, 6.07) is 13.6. The molecule has 1 heterocycles. The Bertz CT molecular complexity index is 711. The highest BCUT2D eigenvalue weighted by Crippen LogP contribution is 2.37. The number of aryl methyl sites for hydroxylation is 1. The molecule has 0 N–H and O–H groups in total. The number of rotatable bonds is 3. The van der Waals surface area contributed by atoms with Gasteiger partial charge in [0.25, 0.3) is 0 Å². The average molecular weight is 297 g/mol. The molecule has 0 spiro atoms. The number of para-hydroxylation sites is 1. The van der Waals surface area contributed by atoms with Crippen LogP contribution in [0.4, 0.5) is 11.4 Å². The van der Waals surface area contributed by atoms with Crippen LogP contribution in [0.25, 0.3) is 0 Å². The Hall–Kier alpha value is -2.33. The van der Waals surface area contributed by atoms with E-state index in [1.165, 1.54) is 5.56 Å². The van der Waals surface area contributed by atoms with E-state index in [4.69, 9.17) is 9.47 Å². The highest BCUT2D eigenvalue weighted by atomic mass is 16.6. The molecular weight excluding hydrogens is 278 g/mol. The highest BCUT2D eigenvalue weighted by Gasteiger charge is 2.34. The number of carbonyl (C=O) groups excluding carboxylic acids is 1. The molecule has 3 rings (SSSR count). The van der Waals surface area contributed by atoms with Crippen LogP contribution in [-0.2, 0) is 9.47 Å². The third-order valence-corrected chi connectivity index (χ3v) is 4.06. The van der Waals surface area contributed by atoms with Crippen LogP contribution < -0.4 is 4.90 Å². The maximum Gasteiger partial charge on any atom is 0.342 e. The molecule has 0 aliphatic carbocycles. The van der Waals surface area contributed by atoms with Crippen molar-refractivity contribution in [1.29, 1.82) is 0 Å². The summed E-state index contributed by atoms with van der Waals surface area (Å²) in [6.45, 7) is 4.47. The molecule has 4 nitrogen and oxygen atoms in total. The zero-order chi connectivity index (χ0) is 15.7. The predicted octanol–water partition coefficient (Wildman–Crippen LogP) is 3.58. The van der Waals surface area contributed by atoms with Crippen LogP contribution in [0.15, 0.2) is 42.5 Å². The molecule has 4 heteroatoms. The minimum atomic E-state index is -0.465. The lowest BCUT2D eigenvalue weighted by Gasteiger charge is -2.38. The van der Waals surface area contributed by atoms with Gasteiger partial charge in [0, 0.05) is 12.8 Å². The van der Waals surface area contributed by atoms with Crippen molar-refractivity contribution >= 4 is 17.3 Å². The van der Waals surface area contributed by atoms with E-state index >= 15 is 0 Å². The number of ether oxygens (including phenoxy) is 2. The van der Waals surface area contributed by atoms with Gasteiger partial charge in [-0.1, -0.05) is 24.3 Å². The minimum Gasteiger partial charge on any atom is -0.435 e. The van der Waals surface area contributed by atoms with Gasteiger partial charge in [-0.15, -0.1) is 0 Å². The summed E-state index contributed by atoms with van der Waals surface area (Å²) < 4.78 is 10.8. The van der Waals surface area contributed by atoms with E-state index in [0.717, 1.165) is 16.9 Å². The Kier molecular flexibility index (Phi) is 3.86. The van der Waals surface area contributed by atoms with Gasteiger partial charge in [-0.2, -0.15) is 0 Å². The quantitative estimate of drug-likeness (QED) is 0.812. The summed E-state index contributed by atoms with van der Waals surface area (Å²) in [5.74, 6) is -0.306. The molecule has 22 heavy (non-hydrogen) atoms. The van der Waals surface area contributed by atoms with Crippen LogP contribution in [-0.4, -0.2) is 25.9 Å². The smallest absolute Gasteiger partial charge is 0.342 e. The van der Waals surface area contributed by atoms with E-state index in [-0.39, 0.29) is 5.97 Å². The molecule has 0 aromatic heterocycles.